The SMILES string of the molecule is CCn1cnc2sc(C(=O)NC(C)CCc3ccc(Cl)cc3)c(C)c2c1=O. The molecule has 5 nitrogen and oxygen atoms in total. The Morgan fingerprint density at radius 1 is 1.33 bits per heavy atom. The highest BCUT2D eigenvalue weighted by atomic mass is 35.5. The van der Waals surface area contributed by atoms with Gasteiger partial charge < -0.3 is 5.32 Å². The van der Waals surface area contributed by atoms with Crippen molar-refractivity contribution >= 4 is 39.1 Å². The molecule has 1 unspecified atom stereocenters. The van der Waals surface area contributed by atoms with Crippen LogP contribution in [-0.4, -0.2) is 21.5 Å². The van der Waals surface area contributed by atoms with Gasteiger partial charge in [-0.25, -0.2) is 4.98 Å². The zero-order valence-corrected chi connectivity index (χ0v) is 17.2. The van der Waals surface area contributed by atoms with Crippen LogP contribution in [-0.2, 0) is 13.0 Å². The van der Waals surface area contributed by atoms with Crippen LogP contribution in [0, 0.1) is 6.92 Å². The molecule has 7 heteroatoms. The quantitative estimate of drug-likeness (QED) is 0.671. The number of carbonyl (C=O) groups is 1. The normalized spacial score (nSPS) is 12.3. The zero-order chi connectivity index (χ0) is 19.6. The Morgan fingerprint density at radius 2 is 2.04 bits per heavy atom. The molecule has 1 amide bonds. The molecule has 0 saturated heterocycles. The summed E-state index contributed by atoms with van der Waals surface area (Å²) in [5.74, 6) is -0.151. The highest BCUT2D eigenvalue weighted by Crippen LogP contribution is 2.26. The number of thiophene rings is 1. The second-order valence-corrected chi connectivity index (χ2v) is 8.05. The van der Waals surface area contributed by atoms with E-state index >= 15 is 0 Å². The number of halogens is 1. The molecule has 0 aliphatic heterocycles. The van der Waals surface area contributed by atoms with Gasteiger partial charge in [-0.05, 0) is 56.9 Å². The number of nitrogens with zero attached hydrogens (tertiary/aromatic N) is 2. The van der Waals surface area contributed by atoms with Crippen LogP contribution in [0.2, 0.25) is 5.02 Å². The summed E-state index contributed by atoms with van der Waals surface area (Å²) in [6.07, 6.45) is 3.21. The fourth-order valence-electron chi connectivity index (χ4n) is 3.00. The molecule has 0 fully saturated rings. The standard InChI is InChI=1S/C20H22ClN3O2S/c1-4-24-11-22-19-16(20(24)26)13(3)17(27-19)18(25)23-12(2)5-6-14-7-9-15(21)10-8-14/h7-12H,4-6H2,1-3H3,(H,23,25). The van der Waals surface area contributed by atoms with E-state index < -0.39 is 0 Å². The molecule has 0 saturated carbocycles. The van der Waals surface area contributed by atoms with Gasteiger partial charge in [-0.2, -0.15) is 0 Å². The fraction of sp³-hybridized carbons (Fsp3) is 0.350. The Balaban J connectivity index is 1.72. The van der Waals surface area contributed by atoms with Crippen LogP contribution in [0.5, 0.6) is 0 Å². The number of aromatic nitrogens is 2. The van der Waals surface area contributed by atoms with Crippen molar-refractivity contribution in [3.8, 4) is 0 Å². The maximum absolute atomic E-state index is 12.7. The zero-order valence-electron chi connectivity index (χ0n) is 15.6. The lowest BCUT2D eigenvalue weighted by atomic mass is 10.1. The highest BCUT2D eigenvalue weighted by Gasteiger charge is 2.20. The molecular weight excluding hydrogens is 382 g/mol. The number of benzene rings is 1. The van der Waals surface area contributed by atoms with Gasteiger partial charge in [-0.1, -0.05) is 23.7 Å². The summed E-state index contributed by atoms with van der Waals surface area (Å²) < 4.78 is 1.55. The van der Waals surface area contributed by atoms with E-state index in [1.807, 2.05) is 45.0 Å². The molecule has 0 aliphatic rings. The maximum atomic E-state index is 12.7. The first-order valence-corrected chi connectivity index (χ1v) is 10.1. The molecule has 0 bridgehead atoms. The smallest absolute Gasteiger partial charge is 0.262 e. The lowest BCUT2D eigenvalue weighted by molar-refractivity contribution is 0.0942. The molecular formula is C20H22ClN3O2S. The van der Waals surface area contributed by atoms with E-state index in [1.165, 1.54) is 23.2 Å². The number of aryl methyl sites for hydroxylation is 3. The van der Waals surface area contributed by atoms with Crippen molar-refractivity contribution < 1.29 is 4.79 Å². The number of carbonyl (C=O) groups excluding carboxylic acids is 1. The highest BCUT2D eigenvalue weighted by molar-refractivity contribution is 7.20. The van der Waals surface area contributed by atoms with Crippen molar-refractivity contribution in [1.82, 2.24) is 14.9 Å². The number of nitrogens with one attached hydrogen (secondary N) is 1. The van der Waals surface area contributed by atoms with E-state index in [4.69, 9.17) is 11.6 Å². The third kappa shape index (κ3) is 4.22. The fourth-order valence-corrected chi connectivity index (χ4v) is 4.17. The van der Waals surface area contributed by atoms with Crippen molar-refractivity contribution in [3.05, 3.63) is 62.0 Å². The van der Waals surface area contributed by atoms with E-state index in [0.717, 1.165) is 17.9 Å². The van der Waals surface area contributed by atoms with Crippen LogP contribution < -0.4 is 10.9 Å². The van der Waals surface area contributed by atoms with E-state index in [9.17, 15) is 9.59 Å². The third-order valence-electron chi connectivity index (χ3n) is 4.62. The Labute approximate surface area is 167 Å². The molecule has 2 heterocycles. The molecule has 0 spiro atoms. The van der Waals surface area contributed by atoms with Gasteiger partial charge >= 0.3 is 0 Å². The Kier molecular flexibility index (Phi) is 5.97. The van der Waals surface area contributed by atoms with Gasteiger partial charge in [0.2, 0.25) is 0 Å². The van der Waals surface area contributed by atoms with E-state index in [1.54, 1.807) is 4.57 Å². The Hall–Kier alpha value is -2.18. The minimum atomic E-state index is -0.151. The molecule has 27 heavy (non-hydrogen) atoms. The van der Waals surface area contributed by atoms with Crippen LogP contribution in [0.4, 0.5) is 0 Å². The number of amides is 1. The van der Waals surface area contributed by atoms with Crippen molar-refractivity contribution in [2.75, 3.05) is 0 Å². The summed E-state index contributed by atoms with van der Waals surface area (Å²) >= 11 is 7.18. The molecule has 3 aromatic rings. The topological polar surface area (TPSA) is 64.0 Å². The summed E-state index contributed by atoms with van der Waals surface area (Å²) in [7, 11) is 0. The van der Waals surface area contributed by atoms with Crippen LogP contribution in [0.3, 0.4) is 0 Å². The minimum Gasteiger partial charge on any atom is -0.349 e. The largest absolute Gasteiger partial charge is 0.349 e. The van der Waals surface area contributed by atoms with Gasteiger partial charge in [-0.15, -0.1) is 11.3 Å². The van der Waals surface area contributed by atoms with Crippen LogP contribution in [0.1, 0.15) is 41.1 Å². The third-order valence-corrected chi connectivity index (χ3v) is 6.07. The van der Waals surface area contributed by atoms with Gasteiger partial charge in [0.1, 0.15) is 4.83 Å². The summed E-state index contributed by atoms with van der Waals surface area (Å²) in [5, 5.41) is 4.30. The lowest BCUT2D eigenvalue weighted by Gasteiger charge is -2.13. The average Bonchev–Trinajstić information content (AvgIpc) is 2.99. The number of hydrogen-bond donors (Lipinski definition) is 1. The second-order valence-electron chi connectivity index (χ2n) is 6.61. The molecule has 3 rings (SSSR count). The Bertz CT molecular complexity index is 1020. The van der Waals surface area contributed by atoms with Crippen molar-refractivity contribution in [3.63, 3.8) is 0 Å². The first-order chi connectivity index (χ1) is 12.9. The van der Waals surface area contributed by atoms with E-state index in [0.29, 0.717) is 27.2 Å². The van der Waals surface area contributed by atoms with Crippen molar-refractivity contribution in [2.24, 2.45) is 0 Å². The van der Waals surface area contributed by atoms with Crippen molar-refractivity contribution in [1.29, 1.82) is 0 Å². The monoisotopic (exact) mass is 403 g/mol. The van der Waals surface area contributed by atoms with Gasteiger partial charge in [0.15, 0.2) is 0 Å². The average molecular weight is 404 g/mol. The molecule has 142 valence electrons. The minimum absolute atomic E-state index is 0.0121. The van der Waals surface area contributed by atoms with Crippen LogP contribution in [0.25, 0.3) is 10.2 Å². The second kappa shape index (κ2) is 8.23. The predicted molar refractivity (Wildman–Crippen MR) is 111 cm³/mol. The molecule has 0 aliphatic carbocycles. The predicted octanol–water partition coefficient (Wildman–Crippen LogP) is 4.19. The maximum Gasteiger partial charge on any atom is 0.262 e. The van der Waals surface area contributed by atoms with Crippen LogP contribution >= 0.6 is 22.9 Å². The lowest BCUT2D eigenvalue weighted by Crippen LogP contribution is -2.32. The molecule has 1 N–H and O–H groups in total. The molecule has 1 aromatic carbocycles. The molecule has 0 radical (unpaired) electrons. The van der Waals surface area contributed by atoms with Gasteiger partial charge in [-0.3, -0.25) is 14.2 Å². The first kappa shape index (κ1) is 19.6. The van der Waals surface area contributed by atoms with Gasteiger partial charge in [0.25, 0.3) is 11.5 Å². The summed E-state index contributed by atoms with van der Waals surface area (Å²) in [6.45, 7) is 6.25. The Morgan fingerprint density at radius 3 is 2.70 bits per heavy atom. The van der Waals surface area contributed by atoms with Crippen molar-refractivity contribution in [2.45, 2.75) is 46.2 Å². The van der Waals surface area contributed by atoms with Gasteiger partial charge in [0, 0.05) is 17.6 Å². The number of hydrogen-bond acceptors (Lipinski definition) is 4. The number of fused-ring (bicyclic) bond motifs is 1. The number of rotatable bonds is 6. The first-order valence-electron chi connectivity index (χ1n) is 8.94. The summed E-state index contributed by atoms with van der Waals surface area (Å²) in [4.78, 5) is 30.7. The summed E-state index contributed by atoms with van der Waals surface area (Å²) in [5.41, 5.74) is 1.80. The van der Waals surface area contributed by atoms with Crippen LogP contribution in [0.15, 0.2) is 35.4 Å². The molecule has 1 atom stereocenters. The molecule has 2 aromatic heterocycles. The van der Waals surface area contributed by atoms with E-state index in [2.05, 4.69) is 10.3 Å². The van der Waals surface area contributed by atoms with Gasteiger partial charge in [0.05, 0.1) is 16.6 Å². The summed E-state index contributed by atoms with van der Waals surface area (Å²) in [6, 6.07) is 7.75. The van der Waals surface area contributed by atoms with E-state index in [-0.39, 0.29) is 17.5 Å².